The minimum Gasteiger partial charge on any atom is -0.493 e. The summed E-state index contributed by atoms with van der Waals surface area (Å²) in [5, 5.41) is 5.45. The molecule has 0 aliphatic carbocycles. The molecule has 2 aromatic rings. The van der Waals surface area contributed by atoms with Gasteiger partial charge in [-0.05, 0) is 48.7 Å². The van der Waals surface area contributed by atoms with Crippen LogP contribution in [0.25, 0.3) is 0 Å². The summed E-state index contributed by atoms with van der Waals surface area (Å²) in [4.78, 5) is 24.0. The van der Waals surface area contributed by atoms with Gasteiger partial charge in [0, 0.05) is 24.7 Å². The molecule has 0 aliphatic rings. The SMILES string of the molecule is CNC(=O)c1ccc(C)c(NC(=O)CCc2ccc(OC)c(OC)c2)c1. The van der Waals surface area contributed by atoms with Crippen molar-refractivity contribution in [2.45, 2.75) is 19.8 Å². The number of aryl methyl sites for hydroxylation is 2. The minimum absolute atomic E-state index is 0.114. The fourth-order valence-electron chi connectivity index (χ4n) is 2.55. The van der Waals surface area contributed by atoms with E-state index in [0.717, 1.165) is 11.1 Å². The van der Waals surface area contributed by atoms with Crippen molar-refractivity contribution in [2.75, 3.05) is 26.6 Å². The molecule has 6 nitrogen and oxygen atoms in total. The Hall–Kier alpha value is -3.02. The lowest BCUT2D eigenvalue weighted by atomic mass is 10.1. The van der Waals surface area contributed by atoms with Crippen LogP contribution in [0.3, 0.4) is 0 Å². The number of hydrogen-bond acceptors (Lipinski definition) is 4. The van der Waals surface area contributed by atoms with Crippen molar-refractivity contribution in [1.29, 1.82) is 0 Å². The van der Waals surface area contributed by atoms with Crippen LogP contribution in [0.5, 0.6) is 11.5 Å². The summed E-state index contributed by atoms with van der Waals surface area (Å²) in [6.45, 7) is 1.89. The number of ether oxygens (including phenoxy) is 2. The van der Waals surface area contributed by atoms with Gasteiger partial charge in [-0.25, -0.2) is 0 Å². The van der Waals surface area contributed by atoms with Crippen molar-refractivity contribution in [1.82, 2.24) is 5.32 Å². The fourth-order valence-corrected chi connectivity index (χ4v) is 2.55. The molecule has 0 saturated heterocycles. The van der Waals surface area contributed by atoms with Gasteiger partial charge in [-0.1, -0.05) is 12.1 Å². The summed E-state index contributed by atoms with van der Waals surface area (Å²) in [6, 6.07) is 10.8. The zero-order chi connectivity index (χ0) is 19.1. The van der Waals surface area contributed by atoms with Gasteiger partial charge in [0.25, 0.3) is 5.91 Å². The van der Waals surface area contributed by atoms with Crippen LogP contribution in [0, 0.1) is 6.92 Å². The Morgan fingerprint density at radius 3 is 2.38 bits per heavy atom. The number of carbonyl (C=O) groups excluding carboxylic acids is 2. The van der Waals surface area contributed by atoms with E-state index >= 15 is 0 Å². The molecule has 26 heavy (non-hydrogen) atoms. The quantitative estimate of drug-likeness (QED) is 0.800. The van der Waals surface area contributed by atoms with Crippen molar-refractivity contribution in [2.24, 2.45) is 0 Å². The number of methoxy groups -OCH3 is 2. The summed E-state index contributed by atoms with van der Waals surface area (Å²) in [6.07, 6.45) is 0.888. The van der Waals surface area contributed by atoms with E-state index in [1.807, 2.05) is 31.2 Å². The van der Waals surface area contributed by atoms with E-state index in [1.54, 1.807) is 33.4 Å². The maximum atomic E-state index is 12.3. The molecule has 2 amide bonds. The van der Waals surface area contributed by atoms with Gasteiger partial charge in [-0.15, -0.1) is 0 Å². The van der Waals surface area contributed by atoms with E-state index in [0.29, 0.717) is 35.6 Å². The highest BCUT2D eigenvalue weighted by Gasteiger charge is 2.10. The monoisotopic (exact) mass is 356 g/mol. The number of carbonyl (C=O) groups is 2. The smallest absolute Gasteiger partial charge is 0.251 e. The van der Waals surface area contributed by atoms with E-state index < -0.39 is 0 Å². The highest BCUT2D eigenvalue weighted by molar-refractivity contribution is 5.97. The molecule has 0 unspecified atom stereocenters. The fraction of sp³-hybridized carbons (Fsp3) is 0.300. The van der Waals surface area contributed by atoms with Crippen LogP contribution in [-0.4, -0.2) is 33.1 Å². The molecule has 0 atom stereocenters. The average Bonchev–Trinajstić information content (AvgIpc) is 2.67. The Balaban J connectivity index is 2.02. The molecular formula is C20H24N2O4. The predicted molar refractivity (Wildman–Crippen MR) is 101 cm³/mol. The lowest BCUT2D eigenvalue weighted by molar-refractivity contribution is -0.116. The summed E-state index contributed by atoms with van der Waals surface area (Å²) in [5.74, 6) is 0.990. The molecule has 0 fully saturated rings. The number of amides is 2. The van der Waals surface area contributed by atoms with Gasteiger partial charge in [-0.2, -0.15) is 0 Å². The summed E-state index contributed by atoms with van der Waals surface area (Å²) < 4.78 is 10.5. The Morgan fingerprint density at radius 2 is 1.73 bits per heavy atom. The number of rotatable bonds is 7. The molecule has 0 bridgehead atoms. The summed E-state index contributed by atoms with van der Waals surface area (Å²) in [7, 11) is 4.74. The van der Waals surface area contributed by atoms with E-state index in [2.05, 4.69) is 10.6 Å². The number of hydrogen-bond donors (Lipinski definition) is 2. The Kier molecular flexibility index (Phi) is 6.60. The van der Waals surface area contributed by atoms with Crippen molar-refractivity contribution in [3.63, 3.8) is 0 Å². The molecule has 6 heteroatoms. The Labute approximate surface area is 153 Å². The Bertz CT molecular complexity index is 802. The number of anilines is 1. The van der Waals surface area contributed by atoms with Crippen LogP contribution in [0.4, 0.5) is 5.69 Å². The van der Waals surface area contributed by atoms with E-state index in [1.165, 1.54) is 0 Å². The van der Waals surface area contributed by atoms with Gasteiger partial charge in [0.2, 0.25) is 5.91 Å². The van der Waals surface area contributed by atoms with Crippen molar-refractivity contribution >= 4 is 17.5 Å². The lowest BCUT2D eigenvalue weighted by Gasteiger charge is -2.11. The maximum Gasteiger partial charge on any atom is 0.251 e. The van der Waals surface area contributed by atoms with E-state index in [-0.39, 0.29) is 11.8 Å². The lowest BCUT2D eigenvalue weighted by Crippen LogP contribution is -2.19. The number of benzene rings is 2. The zero-order valence-electron chi connectivity index (χ0n) is 15.5. The van der Waals surface area contributed by atoms with E-state index in [4.69, 9.17) is 9.47 Å². The first-order chi connectivity index (χ1) is 12.5. The molecule has 0 radical (unpaired) electrons. The standard InChI is InChI=1S/C20H24N2O4/c1-13-5-8-15(20(24)21-2)12-16(13)22-19(23)10-7-14-6-9-17(25-3)18(11-14)26-4/h5-6,8-9,11-12H,7,10H2,1-4H3,(H,21,24)(H,22,23). The van der Waals surface area contributed by atoms with Gasteiger partial charge in [0.05, 0.1) is 14.2 Å². The first kappa shape index (κ1) is 19.3. The van der Waals surface area contributed by atoms with Gasteiger partial charge >= 0.3 is 0 Å². The zero-order valence-corrected chi connectivity index (χ0v) is 15.5. The largest absolute Gasteiger partial charge is 0.493 e. The third-order valence-corrected chi connectivity index (χ3v) is 4.09. The first-order valence-corrected chi connectivity index (χ1v) is 8.32. The number of nitrogens with one attached hydrogen (secondary N) is 2. The van der Waals surface area contributed by atoms with Gasteiger partial charge in [-0.3, -0.25) is 9.59 Å². The molecule has 0 heterocycles. The molecule has 0 saturated carbocycles. The van der Waals surface area contributed by atoms with Crippen molar-refractivity contribution in [3.8, 4) is 11.5 Å². The topological polar surface area (TPSA) is 76.7 Å². The second-order valence-electron chi connectivity index (χ2n) is 5.85. The molecular weight excluding hydrogens is 332 g/mol. The first-order valence-electron chi connectivity index (χ1n) is 8.32. The molecule has 2 aromatic carbocycles. The van der Waals surface area contributed by atoms with Gasteiger partial charge < -0.3 is 20.1 Å². The third-order valence-electron chi connectivity index (χ3n) is 4.09. The highest BCUT2D eigenvalue weighted by Crippen LogP contribution is 2.28. The molecule has 0 spiro atoms. The van der Waals surface area contributed by atoms with Crippen LogP contribution in [0.1, 0.15) is 27.9 Å². The second kappa shape index (κ2) is 8.89. The van der Waals surface area contributed by atoms with Gasteiger partial charge in [0.15, 0.2) is 11.5 Å². The normalized spacial score (nSPS) is 10.2. The van der Waals surface area contributed by atoms with Crippen LogP contribution >= 0.6 is 0 Å². The maximum absolute atomic E-state index is 12.3. The summed E-state index contributed by atoms with van der Waals surface area (Å²) in [5.41, 5.74) is 3.03. The van der Waals surface area contributed by atoms with Gasteiger partial charge in [0.1, 0.15) is 0 Å². The molecule has 138 valence electrons. The van der Waals surface area contributed by atoms with E-state index in [9.17, 15) is 9.59 Å². The van der Waals surface area contributed by atoms with Crippen LogP contribution in [0.15, 0.2) is 36.4 Å². The summed E-state index contributed by atoms with van der Waals surface area (Å²) >= 11 is 0. The highest BCUT2D eigenvalue weighted by atomic mass is 16.5. The van der Waals surface area contributed by atoms with Crippen LogP contribution < -0.4 is 20.1 Å². The predicted octanol–water partition coefficient (Wildman–Crippen LogP) is 2.94. The average molecular weight is 356 g/mol. The van der Waals surface area contributed by atoms with Crippen LogP contribution in [-0.2, 0) is 11.2 Å². The van der Waals surface area contributed by atoms with Crippen LogP contribution in [0.2, 0.25) is 0 Å². The van der Waals surface area contributed by atoms with Crippen molar-refractivity contribution in [3.05, 3.63) is 53.1 Å². The third kappa shape index (κ3) is 4.75. The molecule has 2 rings (SSSR count). The second-order valence-corrected chi connectivity index (χ2v) is 5.85. The minimum atomic E-state index is -0.189. The Morgan fingerprint density at radius 1 is 1.00 bits per heavy atom. The molecule has 0 aliphatic heterocycles. The molecule has 2 N–H and O–H groups in total. The molecule has 0 aromatic heterocycles. The van der Waals surface area contributed by atoms with Crippen molar-refractivity contribution < 1.29 is 19.1 Å².